The molecule has 0 radical (unpaired) electrons. The fraction of sp³-hybridized carbons (Fsp3) is 0.333. The summed E-state index contributed by atoms with van der Waals surface area (Å²) >= 11 is 0. The number of pyridine rings is 1. The number of fused-ring (bicyclic) bond motifs is 1. The van der Waals surface area contributed by atoms with Crippen LogP contribution in [0.1, 0.15) is 34.8 Å². The second kappa shape index (κ2) is 5.17. The molecule has 3 rings (SSSR count). The zero-order chi connectivity index (χ0) is 14.1. The van der Waals surface area contributed by atoms with Gasteiger partial charge in [-0.2, -0.15) is 0 Å². The molecule has 1 aromatic heterocycles. The summed E-state index contributed by atoms with van der Waals surface area (Å²) in [6, 6.07) is 6.05. The summed E-state index contributed by atoms with van der Waals surface area (Å²) in [6.07, 6.45) is 1.86. The summed E-state index contributed by atoms with van der Waals surface area (Å²) in [5.41, 5.74) is 7.32. The number of piperidine rings is 1. The van der Waals surface area contributed by atoms with Crippen molar-refractivity contribution in [2.45, 2.75) is 18.8 Å². The first-order valence-electron chi connectivity index (χ1n) is 6.76. The van der Waals surface area contributed by atoms with E-state index >= 15 is 0 Å². The van der Waals surface area contributed by atoms with E-state index in [-0.39, 0.29) is 11.7 Å². The van der Waals surface area contributed by atoms with Crippen LogP contribution in [0.15, 0.2) is 24.3 Å². The Bertz CT molecular complexity index is 665. The predicted octanol–water partition coefficient (Wildman–Crippen LogP) is 1.94. The van der Waals surface area contributed by atoms with Crippen LogP contribution in [0.25, 0.3) is 10.9 Å². The molecule has 20 heavy (non-hydrogen) atoms. The van der Waals surface area contributed by atoms with Crippen LogP contribution in [-0.2, 0) is 0 Å². The van der Waals surface area contributed by atoms with E-state index in [0.717, 1.165) is 31.6 Å². The largest absolute Gasteiger partial charge is 0.366 e. The lowest BCUT2D eigenvalue weighted by molar-refractivity contribution is 0.0998. The minimum Gasteiger partial charge on any atom is -0.366 e. The van der Waals surface area contributed by atoms with E-state index < -0.39 is 5.91 Å². The number of nitrogens with zero attached hydrogens (tertiary/aromatic N) is 1. The molecule has 0 atom stereocenters. The molecule has 5 heteroatoms. The molecule has 0 bridgehead atoms. The number of hydrogen-bond donors (Lipinski definition) is 2. The molecule has 1 aliphatic heterocycles. The SMILES string of the molecule is NC(=O)c1cc2cc(F)ccc2nc1C1CCNCC1. The van der Waals surface area contributed by atoms with Gasteiger partial charge in [0.2, 0.25) is 0 Å². The number of carbonyl (C=O) groups is 1. The molecule has 3 N–H and O–H groups in total. The smallest absolute Gasteiger partial charge is 0.250 e. The van der Waals surface area contributed by atoms with Gasteiger partial charge in [0.15, 0.2) is 0 Å². The molecule has 2 aromatic rings. The lowest BCUT2D eigenvalue weighted by atomic mass is 9.90. The van der Waals surface area contributed by atoms with E-state index in [0.29, 0.717) is 16.5 Å². The van der Waals surface area contributed by atoms with Crippen molar-refractivity contribution < 1.29 is 9.18 Å². The Balaban J connectivity index is 2.15. The van der Waals surface area contributed by atoms with Crippen LogP contribution in [0.2, 0.25) is 0 Å². The van der Waals surface area contributed by atoms with Crippen LogP contribution in [0.3, 0.4) is 0 Å². The molecule has 104 valence electrons. The molecule has 1 fully saturated rings. The highest BCUT2D eigenvalue weighted by atomic mass is 19.1. The Morgan fingerprint density at radius 1 is 1.30 bits per heavy atom. The molecule has 1 aliphatic rings. The van der Waals surface area contributed by atoms with Crippen molar-refractivity contribution in [1.29, 1.82) is 0 Å². The van der Waals surface area contributed by atoms with Gasteiger partial charge in [0, 0.05) is 11.3 Å². The Hall–Kier alpha value is -2.01. The average molecular weight is 273 g/mol. The van der Waals surface area contributed by atoms with Gasteiger partial charge in [-0.3, -0.25) is 9.78 Å². The van der Waals surface area contributed by atoms with Crippen LogP contribution in [0.5, 0.6) is 0 Å². The first-order valence-corrected chi connectivity index (χ1v) is 6.76. The van der Waals surface area contributed by atoms with Crippen LogP contribution < -0.4 is 11.1 Å². The number of rotatable bonds is 2. The number of nitrogens with two attached hydrogens (primary N) is 1. The molecular weight excluding hydrogens is 257 g/mol. The summed E-state index contributed by atoms with van der Waals surface area (Å²) in [5, 5.41) is 3.89. The van der Waals surface area contributed by atoms with Gasteiger partial charge in [-0.25, -0.2) is 4.39 Å². The van der Waals surface area contributed by atoms with Crippen LogP contribution >= 0.6 is 0 Å². The average Bonchev–Trinajstić information content (AvgIpc) is 2.46. The molecule has 0 spiro atoms. The number of halogens is 1. The Morgan fingerprint density at radius 3 is 2.75 bits per heavy atom. The molecule has 1 amide bonds. The third-order valence-corrected chi connectivity index (χ3v) is 3.80. The van der Waals surface area contributed by atoms with E-state index in [2.05, 4.69) is 10.3 Å². The Morgan fingerprint density at radius 2 is 2.05 bits per heavy atom. The summed E-state index contributed by atoms with van der Waals surface area (Å²) in [4.78, 5) is 16.2. The minimum atomic E-state index is -0.503. The van der Waals surface area contributed by atoms with Crippen molar-refractivity contribution in [2.75, 3.05) is 13.1 Å². The van der Waals surface area contributed by atoms with Gasteiger partial charge in [-0.05, 0) is 50.2 Å². The zero-order valence-electron chi connectivity index (χ0n) is 11.0. The van der Waals surface area contributed by atoms with Crippen molar-refractivity contribution in [3.8, 4) is 0 Å². The monoisotopic (exact) mass is 273 g/mol. The standard InChI is InChI=1S/C15H16FN3O/c16-11-1-2-13-10(7-11)8-12(15(17)20)14(19-13)9-3-5-18-6-4-9/h1-2,7-9,18H,3-6H2,(H2,17,20). The summed E-state index contributed by atoms with van der Waals surface area (Å²) in [5.74, 6) is -0.616. The van der Waals surface area contributed by atoms with Gasteiger partial charge in [-0.1, -0.05) is 0 Å². The maximum atomic E-state index is 13.3. The molecule has 0 saturated carbocycles. The van der Waals surface area contributed by atoms with Gasteiger partial charge in [0.05, 0.1) is 16.8 Å². The molecule has 0 unspecified atom stereocenters. The summed E-state index contributed by atoms with van der Waals surface area (Å²) < 4.78 is 13.3. The first kappa shape index (κ1) is 13.0. The van der Waals surface area contributed by atoms with Crippen molar-refractivity contribution in [2.24, 2.45) is 5.73 Å². The topological polar surface area (TPSA) is 68.0 Å². The summed E-state index contributed by atoms with van der Waals surface area (Å²) in [7, 11) is 0. The molecule has 2 heterocycles. The van der Waals surface area contributed by atoms with E-state index in [4.69, 9.17) is 5.73 Å². The van der Waals surface area contributed by atoms with Crippen molar-refractivity contribution in [3.63, 3.8) is 0 Å². The summed E-state index contributed by atoms with van der Waals surface area (Å²) in [6.45, 7) is 1.82. The van der Waals surface area contributed by atoms with E-state index in [9.17, 15) is 9.18 Å². The molecule has 0 aliphatic carbocycles. The normalized spacial score (nSPS) is 16.4. The fourth-order valence-electron chi connectivity index (χ4n) is 2.77. The number of hydrogen-bond acceptors (Lipinski definition) is 3. The lowest BCUT2D eigenvalue weighted by Crippen LogP contribution is -2.28. The lowest BCUT2D eigenvalue weighted by Gasteiger charge is -2.23. The third kappa shape index (κ3) is 2.36. The maximum absolute atomic E-state index is 13.3. The Kier molecular flexibility index (Phi) is 3.36. The quantitative estimate of drug-likeness (QED) is 0.878. The van der Waals surface area contributed by atoms with Gasteiger partial charge in [0.25, 0.3) is 5.91 Å². The maximum Gasteiger partial charge on any atom is 0.250 e. The van der Waals surface area contributed by atoms with Crippen molar-refractivity contribution >= 4 is 16.8 Å². The molecular formula is C15H16FN3O. The Labute approximate surface area is 116 Å². The second-order valence-electron chi connectivity index (χ2n) is 5.15. The van der Waals surface area contributed by atoms with E-state index in [1.807, 2.05) is 0 Å². The third-order valence-electron chi connectivity index (χ3n) is 3.80. The number of carbonyl (C=O) groups excluding carboxylic acids is 1. The number of amides is 1. The van der Waals surface area contributed by atoms with Crippen LogP contribution in [0.4, 0.5) is 4.39 Å². The van der Waals surface area contributed by atoms with E-state index in [1.54, 1.807) is 12.1 Å². The highest BCUT2D eigenvalue weighted by molar-refractivity contribution is 5.97. The van der Waals surface area contributed by atoms with Crippen LogP contribution in [0, 0.1) is 5.82 Å². The molecule has 1 saturated heterocycles. The predicted molar refractivity (Wildman–Crippen MR) is 75.1 cm³/mol. The second-order valence-corrected chi connectivity index (χ2v) is 5.15. The fourth-order valence-corrected chi connectivity index (χ4v) is 2.77. The number of primary amides is 1. The zero-order valence-corrected chi connectivity index (χ0v) is 11.0. The van der Waals surface area contributed by atoms with Crippen molar-refractivity contribution in [1.82, 2.24) is 10.3 Å². The minimum absolute atomic E-state index is 0.230. The van der Waals surface area contributed by atoms with Gasteiger partial charge in [-0.15, -0.1) is 0 Å². The molecule has 1 aromatic carbocycles. The van der Waals surface area contributed by atoms with E-state index in [1.165, 1.54) is 12.1 Å². The first-order chi connectivity index (χ1) is 9.65. The van der Waals surface area contributed by atoms with Crippen molar-refractivity contribution in [3.05, 3.63) is 41.3 Å². The van der Waals surface area contributed by atoms with Gasteiger partial charge >= 0.3 is 0 Å². The number of aromatic nitrogens is 1. The number of nitrogens with one attached hydrogen (secondary N) is 1. The molecule has 4 nitrogen and oxygen atoms in total. The number of benzene rings is 1. The highest BCUT2D eigenvalue weighted by Gasteiger charge is 2.22. The van der Waals surface area contributed by atoms with Gasteiger partial charge < -0.3 is 11.1 Å². The van der Waals surface area contributed by atoms with Crippen LogP contribution in [-0.4, -0.2) is 24.0 Å². The highest BCUT2D eigenvalue weighted by Crippen LogP contribution is 2.29. The van der Waals surface area contributed by atoms with Gasteiger partial charge in [0.1, 0.15) is 5.82 Å².